The lowest BCUT2D eigenvalue weighted by Crippen LogP contribution is -2.60. The molecule has 28 heteroatoms. The average Bonchev–Trinajstić information content (AvgIpc) is 1.55. The molecule has 2 aromatic rings. The highest BCUT2D eigenvalue weighted by Gasteiger charge is 2.52. The number of carboxylic acid groups (broad SMARTS) is 1. The molecule has 8 aliphatic rings. The zero-order chi connectivity index (χ0) is 69.9. The van der Waals surface area contributed by atoms with Crippen LogP contribution in [-0.2, 0) is 51.1 Å². The Hall–Kier alpha value is -5.85. The minimum atomic E-state index is -1.00. The molecule has 0 unspecified atom stereocenters. The Morgan fingerprint density at radius 2 is 0.871 bits per heavy atom. The summed E-state index contributed by atoms with van der Waals surface area (Å²) in [6.07, 6.45) is 9.82. The molecule has 10 rings (SSSR count). The van der Waals surface area contributed by atoms with Gasteiger partial charge in [-0.25, -0.2) is 9.59 Å². The fraction of sp³-hybridized carbons (Fsp3) is 0.569. The molecule has 2 aromatic carbocycles. The lowest BCUT2D eigenvalue weighted by atomic mass is 9.79. The molecule has 0 radical (unpaired) electrons. The minimum absolute atomic E-state index is 0. The molecular formula is C65H91Cl6FN8O13. The van der Waals surface area contributed by atoms with Crippen molar-refractivity contribution in [3.63, 3.8) is 0 Å². The van der Waals surface area contributed by atoms with Crippen LogP contribution in [0, 0.1) is 21.7 Å². The van der Waals surface area contributed by atoms with Crippen molar-refractivity contribution in [3.8, 4) is 11.5 Å². The van der Waals surface area contributed by atoms with Crippen molar-refractivity contribution in [1.82, 2.24) is 40.0 Å². The smallest absolute Gasteiger partial charge is 0.410 e. The Morgan fingerprint density at radius 3 is 1.18 bits per heavy atom. The van der Waals surface area contributed by atoms with Crippen molar-refractivity contribution in [2.45, 2.75) is 104 Å². The highest BCUT2D eigenvalue weighted by Crippen LogP contribution is 2.42. The van der Waals surface area contributed by atoms with Crippen LogP contribution in [-0.4, -0.2) is 215 Å². The van der Waals surface area contributed by atoms with Crippen molar-refractivity contribution in [3.05, 3.63) is 106 Å². The molecule has 6 amide bonds. The number of hydrogen-bond acceptors (Lipinski definition) is 14. The van der Waals surface area contributed by atoms with Crippen LogP contribution < -0.4 is 10.6 Å². The maximum atomic E-state index is 12.4. The van der Waals surface area contributed by atoms with Crippen LogP contribution in [0.5, 0.6) is 11.5 Å². The van der Waals surface area contributed by atoms with Crippen LogP contribution >= 0.6 is 70.4 Å². The lowest BCUT2D eigenvalue weighted by molar-refractivity contribution is -0.143. The average molecular weight is 1430 g/mol. The van der Waals surface area contributed by atoms with Gasteiger partial charge in [0.05, 0.1) is 28.6 Å². The van der Waals surface area contributed by atoms with Crippen LogP contribution in [0.4, 0.5) is 14.0 Å². The summed E-state index contributed by atoms with van der Waals surface area (Å²) < 4.78 is 26.1. The molecule has 8 saturated heterocycles. The number of carbonyl (C=O) groups is 8. The molecule has 21 nitrogen and oxygen atoms in total. The van der Waals surface area contributed by atoms with E-state index >= 15 is 0 Å². The van der Waals surface area contributed by atoms with E-state index in [4.69, 9.17) is 74.0 Å². The molecule has 518 valence electrons. The summed E-state index contributed by atoms with van der Waals surface area (Å²) in [5, 5.41) is 35.0. The molecule has 8 heterocycles. The van der Waals surface area contributed by atoms with Crippen LogP contribution in [0.1, 0.15) is 92.6 Å². The number of aromatic hydroxyl groups is 2. The third-order valence-corrected chi connectivity index (χ3v) is 18.1. The number of amides is 6. The number of allylic oxidation sites excluding steroid dienone is 1. The molecule has 0 saturated carbocycles. The number of aryl methyl sites for hydroxylation is 2. The summed E-state index contributed by atoms with van der Waals surface area (Å²) in [4.78, 5) is 101. The van der Waals surface area contributed by atoms with Crippen LogP contribution in [0.15, 0.2) is 74.9 Å². The summed E-state index contributed by atoms with van der Waals surface area (Å²) in [6, 6.07) is 5.77. The number of benzene rings is 2. The maximum Gasteiger partial charge on any atom is 0.410 e. The summed E-state index contributed by atoms with van der Waals surface area (Å²) in [5.74, 6) is -0.833. The van der Waals surface area contributed by atoms with Gasteiger partial charge in [0, 0.05) is 145 Å². The van der Waals surface area contributed by atoms with Gasteiger partial charge in [-0.3, -0.25) is 33.2 Å². The number of alkyl halides is 1. The van der Waals surface area contributed by atoms with Crippen LogP contribution in [0.2, 0.25) is 20.1 Å². The van der Waals surface area contributed by atoms with Gasteiger partial charge < -0.3 is 64.8 Å². The van der Waals surface area contributed by atoms with E-state index in [-0.39, 0.29) is 94.0 Å². The number of hydrogen-bond donors (Lipinski definition) is 5. The second-order valence-electron chi connectivity index (χ2n) is 26.3. The van der Waals surface area contributed by atoms with E-state index < -0.39 is 24.0 Å². The van der Waals surface area contributed by atoms with E-state index in [1.165, 1.54) is 42.8 Å². The third-order valence-electron chi connectivity index (χ3n) is 16.5. The number of halogens is 7. The van der Waals surface area contributed by atoms with E-state index in [0.29, 0.717) is 82.6 Å². The van der Waals surface area contributed by atoms with Gasteiger partial charge in [0.15, 0.2) is 0 Å². The number of carbonyl (C=O) groups excluding carboxylic acids is 7. The summed E-state index contributed by atoms with van der Waals surface area (Å²) in [7, 11) is -1.00. The van der Waals surface area contributed by atoms with Crippen molar-refractivity contribution in [2.75, 3.05) is 112 Å². The fourth-order valence-electron chi connectivity index (χ4n) is 11.7. The van der Waals surface area contributed by atoms with Crippen LogP contribution in [0.3, 0.4) is 0 Å². The zero-order valence-corrected chi connectivity index (χ0v) is 58.5. The predicted molar refractivity (Wildman–Crippen MR) is 362 cm³/mol. The number of likely N-dealkylation sites (tertiary alicyclic amines) is 6. The first-order valence-corrected chi connectivity index (χ1v) is 31.9. The molecule has 0 bridgehead atoms. The van der Waals surface area contributed by atoms with Gasteiger partial charge in [-0.2, -0.15) is 0 Å². The number of aliphatic carboxylic acids is 1. The monoisotopic (exact) mass is 1420 g/mol. The maximum absolute atomic E-state index is 12.4. The molecule has 93 heavy (non-hydrogen) atoms. The number of rotatable bonds is 10. The second-order valence-corrected chi connectivity index (χ2v) is 28.3. The third kappa shape index (κ3) is 24.4. The van der Waals surface area contributed by atoms with Crippen molar-refractivity contribution in [1.29, 1.82) is 0 Å². The fourth-order valence-corrected chi connectivity index (χ4v) is 12.4. The molecule has 8 fully saturated rings. The molecule has 8 aliphatic heterocycles. The normalized spacial score (nSPS) is 18.5. The predicted octanol–water partition coefficient (Wildman–Crippen LogP) is 10.4. The van der Waals surface area contributed by atoms with Crippen molar-refractivity contribution >= 4 is 117 Å². The quantitative estimate of drug-likeness (QED) is 0.109. The number of nitrogens with zero attached hydrogens (tertiary/aromatic N) is 6. The number of phenolic OH excluding ortho intramolecular Hbond substituents is 2. The Balaban J connectivity index is 0.000000303. The van der Waals surface area contributed by atoms with E-state index in [9.17, 15) is 53.0 Å². The SMILES string of the molecule is C=CC(=O)Cl.C=CC(=O)N1CCC2(C1)CN(C(=O)CCc1cc(Cl)c(Cl)cc1O)C2.C=CC(=O)N1CCC2(C1)CN(C(=O)OC(C)(C)C)C2.C=CC(=O)N1CCC2(CNC2)C1.CC(C)(C)OC(=O)N1CC2(CCNC2)C1.Cl.O=C(O)CCc1cc(Cl)c(Cl)cc1O.[2H]CF. The molecule has 0 atom stereocenters. The number of phenols is 2. The van der Waals surface area contributed by atoms with Gasteiger partial charge in [0.1, 0.15) is 22.7 Å². The molecule has 0 aliphatic carbocycles. The van der Waals surface area contributed by atoms with Gasteiger partial charge in [0.2, 0.25) is 28.9 Å². The second kappa shape index (κ2) is 35.8. The van der Waals surface area contributed by atoms with E-state index in [0.717, 1.165) is 97.3 Å². The Morgan fingerprint density at radius 1 is 0.548 bits per heavy atom. The van der Waals surface area contributed by atoms with Gasteiger partial charge in [0.25, 0.3) is 0 Å². The first-order chi connectivity index (χ1) is 43.4. The van der Waals surface area contributed by atoms with E-state index in [2.05, 4.69) is 36.9 Å². The molecular weight excluding hydrogens is 1330 g/mol. The number of carboxylic acids is 1. The summed E-state index contributed by atoms with van der Waals surface area (Å²) in [5.41, 5.74) is 1.16. The van der Waals surface area contributed by atoms with Gasteiger partial charge in [-0.15, -0.1) is 12.4 Å². The van der Waals surface area contributed by atoms with Crippen molar-refractivity contribution < 1.29 is 68.9 Å². The lowest BCUT2D eigenvalue weighted by Gasteiger charge is -2.48. The Bertz CT molecular complexity index is 3030. The number of nitrogens with one attached hydrogen (secondary N) is 2. The highest BCUT2D eigenvalue weighted by atomic mass is 35.5. The largest absolute Gasteiger partial charge is 0.508 e. The van der Waals surface area contributed by atoms with Gasteiger partial charge in [-0.05, 0) is 146 Å². The number of ether oxygens (including phenoxy) is 2. The zero-order valence-electron chi connectivity index (χ0n) is 54.9. The minimum Gasteiger partial charge on any atom is -0.508 e. The Labute approximate surface area is 578 Å². The highest BCUT2D eigenvalue weighted by molar-refractivity contribution is 6.66. The Kier molecular flexibility index (Phi) is 30.6. The van der Waals surface area contributed by atoms with E-state index in [1.54, 1.807) is 25.7 Å². The topological polar surface area (TPSA) is 259 Å². The molecule has 5 N–H and O–H groups in total. The van der Waals surface area contributed by atoms with Gasteiger partial charge in [-0.1, -0.05) is 72.7 Å². The van der Waals surface area contributed by atoms with Gasteiger partial charge >= 0.3 is 18.2 Å². The first-order valence-electron chi connectivity index (χ1n) is 30.8. The van der Waals surface area contributed by atoms with Crippen molar-refractivity contribution in [2.24, 2.45) is 21.7 Å². The molecule has 0 aromatic heterocycles. The molecule has 4 spiro atoms. The van der Waals surface area contributed by atoms with Crippen LogP contribution in [0.25, 0.3) is 0 Å². The first kappa shape index (κ1) is 79.6. The standard InChI is InChI=1S/C18H20Cl2N2O3.C14H22N2O3.C11H20N2O2.C9H8Cl2O3.C9H14N2O.C3H3ClO.CH3F.ClH/c1-2-16(24)21-6-5-18(9-21)10-22(11-18)17(25)4-3-12-7-13(19)14(20)8-15(12)23;1-5-11(17)15-7-6-14(8-15)9-16(10-14)12(18)19-13(2,3)4;1-10(2,3)15-9(14)13-7-11(8-13)4-5-12-6-11;10-6-3-5(1-2-9(13)14)8(12)4-7(6)11;1-2-8(12)11-4-3-9(7-11)5-10-6-9;1-2-3(4)5;1-2;/h2,7-8,23H,1,3-6,9-11H2;5H,1,6-10H2,2-4H3;12H,4-8H2,1-3H3;3-4,12H,1-2H2,(H,13,14);2,10H,1,3-7H2;2H,1H2;1H3;1H/i;;;;;;1D;. The summed E-state index contributed by atoms with van der Waals surface area (Å²) in [6.45, 7) is 38.3. The summed E-state index contributed by atoms with van der Waals surface area (Å²) >= 11 is 27.9. The van der Waals surface area contributed by atoms with E-state index in [1.807, 2.05) is 51.3 Å².